The number of ether oxygens (including phenoxy) is 2. The van der Waals surface area contributed by atoms with Crippen LogP contribution in [0.25, 0.3) is 27.7 Å². The quantitative estimate of drug-likeness (QED) is 0.497. The van der Waals surface area contributed by atoms with Gasteiger partial charge in [-0.15, -0.1) is 0 Å². The van der Waals surface area contributed by atoms with Crippen LogP contribution >= 0.6 is 0 Å². The van der Waals surface area contributed by atoms with Crippen LogP contribution in [0.4, 0.5) is 0 Å². The number of rotatable bonds is 6. The molecule has 0 radical (unpaired) electrons. The van der Waals surface area contributed by atoms with Crippen molar-refractivity contribution in [2.75, 3.05) is 46.9 Å². The Morgan fingerprint density at radius 1 is 1.15 bits per heavy atom. The molecular weight excluding hydrogens is 416 g/mol. The van der Waals surface area contributed by atoms with Gasteiger partial charge in [-0.1, -0.05) is 12.1 Å². The van der Waals surface area contributed by atoms with Crippen molar-refractivity contribution < 1.29 is 18.7 Å². The Bertz CT molecular complexity index is 1170. The van der Waals surface area contributed by atoms with Gasteiger partial charge < -0.3 is 23.7 Å². The fraction of sp³-hybridized carbons (Fsp3) is 0.370. The molecule has 4 rings (SSSR count). The predicted molar refractivity (Wildman–Crippen MR) is 132 cm³/mol. The van der Waals surface area contributed by atoms with Crippen molar-refractivity contribution in [2.24, 2.45) is 0 Å². The van der Waals surface area contributed by atoms with Crippen molar-refractivity contribution in [3.63, 3.8) is 0 Å². The third-order valence-corrected chi connectivity index (χ3v) is 6.30. The van der Waals surface area contributed by atoms with Crippen LogP contribution in [-0.4, -0.2) is 62.7 Å². The van der Waals surface area contributed by atoms with Gasteiger partial charge in [-0.2, -0.15) is 0 Å². The third kappa shape index (κ3) is 4.62. The first-order valence-electron chi connectivity index (χ1n) is 11.4. The molecule has 1 saturated heterocycles. The zero-order chi connectivity index (χ0) is 23.5. The number of fused-ring (bicyclic) bond motifs is 1. The molecule has 1 fully saturated rings. The van der Waals surface area contributed by atoms with Crippen LogP contribution in [0, 0.1) is 6.92 Å². The van der Waals surface area contributed by atoms with E-state index in [1.54, 1.807) is 19.4 Å². The molecule has 33 heavy (non-hydrogen) atoms. The van der Waals surface area contributed by atoms with Crippen molar-refractivity contribution in [3.05, 3.63) is 53.8 Å². The van der Waals surface area contributed by atoms with Crippen molar-refractivity contribution in [3.8, 4) is 22.6 Å². The number of methoxy groups -OCH3 is 1. The highest BCUT2D eigenvalue weighted by atomic mass is 16.5. The monoisotopic (exact) mass is 448 g/mol. The lowest BCUT2D eigenvalue weighted by Crippen LogP contribution is -2.46. The summed E-state index contributed by atoms with van der Waals surface area (Å²) in [6, 6.07) is 10.1. The van der Waals surface area contributed by atoms with Gasteiger partial charge in [0.2, 0.25) is 5.91 Å². The van der Waals surface area contributed by atoms with E-state index in [1.807, 2.05) is 49.9 Å². The Morgan fingerprint density at radius 3 is 2.48 bits per heavy atom. The van der Waals surface area contributed by atoms with Crippen molar-refractivity contribution >= 4 is 22.4 Å². The number of carbonyl (C=O) groups excluding carboxylic acids is 1. The van der Waals surface area contributed by atoms with Gasteiger partial charge >= 0.3 is 0 Å². The molecule has 6 heteroatoms. The maximum atomic E-state index is 12.9. The van der Waals surface area contributed by atoms with Crippen LogP contribution in [0.2, 0.25) is 0 Å². The van der Waals surface area contributed by atoms with Crippen molar-refractivity contribution in [2.45, 2.75) is 20.8 Å². The predicted octanol–water partition coefficient (Wildman–Crippen LogP) is 4.99. The summed E-state index contributed by atoms with van der Waals surface area (Å²) in [5, 5.41) is 0.993. The van der Waals surface area contributed by atoms with Gasteiger partial charge in [-0.25, -0.2) is 0 Å². The molecule has 1 amide bonds. The molecule has 0 bridgehead atoms. The van der Waals surface area contributed by atoms with Gasteiger partial charge in [0.25, 0.3) is 0 Å². The zero-order valence-corrected chi connectivity index (χ0v) is 20.1. The Hall–Kier alpha value is -3.25. The molecule has 0 unspecified atom stereocenters. The summed E-state index contributed by atoms with van der Waals surface area (Å²) in [5.74, 6) is 1.61. The number of allylic oxidation sites excluding steroid dienone is 1. The molecule has 2 heterocycles. The second-order valence-corrected chi connectivity index (χ2v) is 8.52. The summed E-state index contributed by atoms with van der Waals surface area (Å²) in [6.07, 6.45) is 3.51. The summed E-state index contributed by atoms with van der Waals surface area (Å²) in [5.41, 5.74) is 5.53. The van der Waals surface area contributed by atoms with E-state index >= 15 is 0 Å². The Balaban J connectivity index is 1.73. The number of furan rings is 1. The lowest BCUT2D eigenvalue weighted by atomic mass is 9.96. The topological polar surface area (TPSA) is 55.2 Å². The lowest BCUT2D eigenvalue weighted by Gasteiger charge is -2.31. The summed E-state index contributed by atoms with van der Waals surface area (Å²) in [4.78, 5) is 17.1. The first-order chi connectivity index (χ1) is 15.9. The fourth-order valence-corrected chi connectivity index (χ4v) is 4.37. The maximum absolute atomic E-state index is 12.9. The highest BCUT2D eigenvalue weighted by Crippen LogP contribution is 2.40. The van der Waals surface area contributed by atoms with Crippen LogP contribution in [-0.2, 0) is 4.79 Å². The van der Waals surface area contributed by atoms with Gasteiger partial charge in [0, 0.05) is 54.3 Å². The van der Waals surface area contributed by atoms with E-state index in [0.29, 0.717) is 6.61 Å². The fourth-order valence-electron chi connectivity index (χ4n) is 4.37. The molecule has 1 aliphatic heterocycles. The Labute approximate surface area is 195 Å². The van der Waals surface area contributed by atoms with Gasteiger partial charge in [0.15, 0.2) is 0 Å². The first-order valence-corrected chi connectivity index (χ1v) is 11.4. The molecule has 174 valence electrons. The number of hydrogen-bond acceptors (Lipinski definition) is 5. The number of aryl methyl sites for hydroxylation is 1. The number of piperazine rings is 1. The molecule has 2 aromatic carbocycles. The van der Waals surface area contributed by atoms with Gasteiger partial charge in [-0.05, 0) is 57.2 Å². The van der Waals surface area contributed by atoms with Gasteiger partial charge in [0.1, 0.15) is 17.1 Å². The van der Waals surface area contributed by atoms with Crippen LogP contribution in [0.5, 0.6) is 11.5 Å². The highest BCUT2D eigenvalue weighted by Gasteiger charge is 2.21. The minimum absolute atomic E-state index is 0.0410. The molecule has 3 aromatic rings. The van der Waals surface area contributed by atoms with Crippen LogP contribution in [0.15, 0.2) is 47.1 Å². The average molecular weight is 449 g/mol. The smallest absolute Gasteiger partial charge is 0.246 e. The molecule has 0 atom stereocenters. The molecule has 0 saturated carbocycles. The number of nitrogens with zero attached hydrogens (tertiary/aromatic N) is 2. The molecule has 1 aromatic heterocycles. The highest BCUT2D eigenvalue weighted by molar-refractivity contribution is 6.01. The zero-order valence-electron chi connectivity index (χ0n) is 20.1. The van der Waals surface area contributed by atoms with E-state index < -0.39 is 0 Å². The summed E-state index contributed by atoms with van der Waals surface area (Å²) < 4.78 is 17.3. The second-order valence-electron chi connectivity index (χ2n) is 8.52. The Morgan fingerprint density at radius 2 is 1.85 bits per heavy atom. The van der Waals surface area contributed by atoms with E-state index in [9.17, 15) is 4.79 Å². The van der Waals surface area contributed by atoms with E-state index in [-0.39, 0.29) is 5.91 Å². The maximum Gasteiger partial charge on any atom is 0.246 e. The van der Waals surface area contributed by atoms with Gasteiger partial charge in [-0.3, -0.25) is 4.79 Å². The summed E-state index contributed by atoms with van der Waals surface area (Å²) >= 11 is 0. The molecular formula is C27H32N2O4. The molecule has 6 nitrogen and oxygen atoms in total. The number of likely N-dealkylation sites (N-methyl/N-ethyl adjacent to an activating group) is 1. The summed E-state index contributed by atoms with van der Waals surface area (Å²) in [6.45, 7) is 9.85. The minimum atomic E-state index is 0.0410. The van der Waals surface area contributed by atoms with E-state index in [4.69, 9.17) is 13.9 Å². The molecule has 0 N–H and O–H groups in total. The average Bonchev–Trinajstić information content (AvgIpc) is 3.24. The van der Waals surface area contributed by atoms with Crippen LogP contribution in [0.1, 0.15) is 25.0 Å². The molecule has 1 aliphatic rings. The second kappa shape index (κ2) is 9.71. The molecule has 0 aliphatic carbocycles. The normalized spacial score (nSPS) is 15.2. The number of benzene rings is 2. The summed E-state index contributed by atoms with van der Waals surface area (Å²) in [7, 11) is 3.74. The van der Waals surface area contributed by atoms with Gasteiger partial charge in [0.05, 0.1) is 20.0 Å². The largest absolute Gasteiger partial charge is 0.496 e. The lowest BCUT2D eigenvalue weighted by molar-refractivity contribution is -0.127. The van der Waals surface area contributed by atoms with Crippen LogP contribution in [0.3, 0.4) is 0 Å². The number of carbonyl (C=O) groups is 1. The first kappa shape index (κ1) is 22.9. The van der Waals surface area contributed by atoms with Crippen LogP contribution < -0.4 is 9.47 Å². The SMILES string of the molecule is CCOc1ccc(-c2coc3c(C)c(OC)c(/C(C)=C/C(=O)N4CCN(C)CC4)cc23)cc1. The number of hydrogen-bond donors (Lipinski definition) is 0. The molecule has 0 spiro atoms. The van der Waals surface area contributed by atoms with E-state index in [1.165, 1.54) is 0 Å². The minimum Gasteiger partial charge on any atom is -0.496 e. The number of amides is 1. The van der Waals surface area contributed by atoms with E-state index in [0.717, 1.165) is 76.5 Å². The standard InChI is InChI=1S/C27H32N2O4/c1-6-32-21-9-7-20(8-10-21)24-17-33-27-19(3)26(31-5)22(16-23(24)27)18(2)15-25(30)29-13-11-28(4)12-14-29/h7-10,15-17H,6,11-14H2,1-5H3/b18-15+. The van der Waals surface area contributed by atoms with Crippen molar-refractivity contribution in [1.82, 2.24) is 9.80 Å². The van der Waals surface area contributed by atoms with Crippen molar-refractivity contribution in [1.29, 1.82) is 0 Å². The Kier molecular flexibility index (Phi) is 6.75. The third-order valence-electron chi connectivity index (χ3n) is 6.30. The van der Waals surface area contributed by atoms with E-state index in [2.05, 4.69) is 18.0 Å².